The number of nitrogens with zero attached hydrogens (tertiary/aromatic N) is 1. The van der Waals surface area contributed by atoms with Crippen LogP contribution in [0.25, 0.3) is 0 Å². The number of carboxylic acid groups (broad SMARTS) is 1. The maximum atomic E-state index is 11.8. The van der Waals surface area contributed by atoms with E-state index in [4.69, 9.17) is 9.84 Å². The molecule has 1 saturated heterocycles. The van der Waals surface area contributed by atoms with Gasteiger partial charge in [0.05, 0.1) is 6.61 Å². The van der Waals surface area contributed by atoms with Crippen LogP contribution in [0.3, 0.4) is 0 Å². The SMILES string of the molecule is COCC1CCN(C(=O)CCCCC(=O)O)C1. The fourth-order valence-electron chi connectivity index (χ4n) is 2.14. The minimum Gasteiger partial charge on any atom is -0.481 e. The van der Waals surface area contributed by atoms with E-state index in [2.05, 4.69) is 0 Å². The minimum atomic E-state index is -0.793. The highest BCUT2D eigenvalue weighted by atomic mass is 16.5. The van der Waals surface area contributed by atoms with E-state index >= 15 is 0 Å². The molecule has 1 N–H and O–H groups in total. The molecule has 1 aliphatic rings. The van der Waals surface area contributed by atoms with Gasteiger partial charge in [-0.15, -0.1) is 0 Å². The van der Waals surface area contributed by atoms with E-state index in [1.54, 1.807) is 7.11 Å². The molecule has 1 heterocycles. The Morgan fingerprint density at radius 3 is 2.71 bits per heavy atom. The van der Waals surface area contributed by atoms with E-state index in [9.17, 15) is 9.59 Å². The first-order valence-electron chi connectivity index (χ1n) is 6.12. The Morgan fingerprint density at radius 1 is 1.35 bits per heavy atom. The van der Waals surface area contributed by atoms with Crippen LogP contribution >= 0.6 is 0 Å². The molecule has 0 aromatic rings. The number of methoxy groups -OCH3 is 1. The van der Waals surface area contributed by atoms with E-state index < -0.39 is 5.97 Å². The van der Waals surface area contributed by atoms with Crippen molar-refractivity contribution in [2.24, 2.45) is 5.92 Å². The van der Waals surface area contributed by atoms with Gasteiger partial charge in [0.15, 0.2) is 0 Å². The summed E-state index contributed by atoms with van der Waals surface area (Å²) in [4.78, 5) is 23.9. The van der Waals surface area contributed by atoms with Crippen molar-refractivity contribution in [1.29, 1.82) is 0 Å². The summed E-state index contributed by atoms with van der Waals surface area (Å²) < 4.78 is 5.08. The van der Waals surface area contributed by atoms with E-state index in [0.29, 0.717) is 31.8 Å². The van der Waals surface area contributed by atoms with Crippen molar-refractivity contribution in [3.05, 3.63) is 0 Å². The highest BCUT2D eigenvalue weighted by Gasteiger charge is 2.25. The molecule has 5 heteroatoms. The monoisotopic (exact) mass is 243 g/mol. The van der Waals surface area contributed by atoms with Crippen LogP contribution in [0.2, 0.25) is 0 Å². The number of rotatable bonds is 7. The van der Waals surface area contributed by atoms with Gasteiger partial charge in [0.2, 0.25) is 5.91 Å². The van der Waals surface area contributed by atoms with Crippen molar-refractivity contribution in [1.82, 2.24) is 4.90 Å². The number of carbonyl (C=O) groups is 2. The molecule has 0 aromatic heterocycles. The van der Waals surface area contributed by atoms with E-state index in [1.165, 1.54) is 0 Å². The zero-order valence-electron chi connectivity index (χ0n) is 10.4. The highest BCUT2D eigenvalue weighted by Crippen LogP contribution is 2.17. The normalized spacial score (nSPS) is 19.6. The average Bonchev–Trinajstić information content (AvgIpc) is 2.73. The van der Waals surface area contributed by atoms with Crippen LogP contribution in [0.5, 0.6) is 0 Å². The lowest BCUT2D eigenvalue weighted by molar-refractivity contribution is -0.137. The molecule has 1 atom stereocenters. The fraction of sp³-hybridized carbons (Fsp3) is 0.833. The molecule has 1 amide bonds. The van der Waals surface area contributed by atoms with Crippen LogP contribution in [0.15, 0.2) is 0 Å². The smallest absolute Gasteiger partial charge is 0.303 e. The first-order chi connectivity index (χ1) is 8.13. The molecule has 0 bridgehead atoms. The van der Waals surface area contributed by atoms with Crippen molar-refractivity contribution in [3.63, 3.8) is 0 Å². The van der Waals surface area contributed by atoms with Gasteiger partial charge in [-0.25, -0.2) is 0 Å². The molecule has 1 unspecified atom stereocenters. The number of amides is 1. The molecule has 1 rings (SSSR count). The minimum absolute atomic E-state index is 0.147. The number of carboxylic acids is 1. The summed E-state index contributed by atoms with van der Waals surface area (Å²) in [5, 5.41) is 8.47. The molecule has 1 fully saturated rings. The number of likely N-dealkylation sites (tertiary alicyclic amines) is 1. The lowest BCUT2D eigenvalue weighted by Crippen LogP contribution is -2.29. The zero-order chi connectivity index (χ0) is 12.7. The van der Waals surface area contributed by atoms with Crippen molar-refractivity contribution < 1.29 is 19.4 Å². The molecule has 0 aromatic carbocycles. The molecule has 0 aliphatic carbocycles. The summed E-state index contributed by atoms with van der Waals surface area (Å²) >= 11 is 0. The summed E-state index contributed by atoms with van der Waals surface area (Å²) in [6.07, 6.45) is 2.87. The lowest BCUT2D eigenvalue weighted by atomic mass is 10.1. The third-order valence-corrected chi connectivity index (χ3v) is 3.07. The van der Waals surface area contributed by atoms with Gasteiger partial charge in [-0.05, 0) is 19.3 Å². The van der Waals surface area contributed by atoms with E-state index in [-0.39, 0.29) is 12.3 Å². The summed E-state index contributed by atoms with van der Waals surface area (Å²) in [7, 11) is 1.68. The summed E-state index contributed by atoms with van der Waals surface area (Å²) in [6, 6.07) is 0. The van der Waals surface area contributed by atoms with Crippen LogP contribution in [0.1, 0.15) is 32.1 Å². The van der Waals surface area contributed by atoms with Gasteiger partial charge in [0.25, 0.3) is 0 Å². The maximum Gasteiger partial charge on any atom is 0.303 e. The van der Waals surface area contributed by atoms with Crippen molar-refractivity contribution in [2.45, 2.75) is 32.1 Å². The Morgan fingerprint density at radius 2 is 2.06 bits per heavy atom. The van der Waals surface area contributed by atoms with Gasteiger partial charge in [0.1, 0.15) is 0 Å². The molecule has 5 nitrogen and oxygen atoms in total. The molecule has 1 aliphatic heterocycles. The highest BCUT2D eigenvalue weighted by molar-refractivity contribution is 5.76. The second-order valence-corrected chi connectivity index (χ2v) is 4.55. The third kappa shape index (κ3) is 5.17. The predicted molar refractivity (Wildman–Crippen MR) is 62.7 cm³/mol. The lowest BCUT2D eigenvalue weighted by Gasteiger charge is -2.16. The molecule has 0 saturated carbocycles. The fourth-order valence-corrected chi connectivity index (χ4v) is 2.14. The Balaban J connectivity index is 2.14. The second-order valence-electron chi connectivity index (χ2n) is 4.55. The molecular weight excluding hydrogens is 222 g/mol. The van der Waals surface area contributed by atoms with E-state index in [1.807, 2.05) is 4.90 Å². The first-order valence-corrected chi connectivity index (χ1v) is 6.12. The number of hydrogen-bond donors (Lipinski definition) is 1. The third-order valence-electron chi connectivity index (χ3n) is 3.07. The zero-order valence-corrected chi connectivity index (χ0v) is 10.4. The average molecular weight is 243 g/mol. The van der Waals surface area contributed by atoms with E-state index in [0.717, 1.165) is 19.5 Å². The maximum absolute atomic E-state index is 11.8. The number of aliphatic carboxylic acids is 1. The summed E-state index contributed by atoms with van der Waals surface area (Å²) in [5.74, 6) is -0.184. The second kappa shape index (κ2) is 7.27. The molecular formula is C12H21NO4. The molecule has 98 valence electrons. The quantitative estimate of drug-likeness (QED) is 0.681. The van der Waals surface area contributed by atoms with Gasteiger partial charge >= 0.3 is 5.97 Å². The Labute approximate surface area is 102 Å². The van der Waals surface area contributed by atoms with Gasteiger partial charge in [-0.3, -0.25) is 9.59 Å². The van der Waals surface area contributed by atoms with Crippen LogP contribution in [0, 0.1) is 5.92 Å². The van der Waals surface area contributed by atoms with Crippen LogP contribution in [-0.2, 0) is 14.3 Å². The summed E-state index contributed by atoms with van der Waals surface area (Å²) in [6.45, 7) is 2.31. The molecule has 0 radical (unpaired) electrons. The van der Waals surface area contributed by atoms with Crippen LogP contribution in [0.4, 0.5) is 0 Å². The van der Waals surface area contributed by atoms with Crippen molar-refractivity contribution >= 4 is 11.9 Å². The summed E-state index contributed by atoms with van der Waals surface area (Å²) in [5.41, 5.74) is 0. The van der Waals surface area contributed by atoms with Gasteiger partial charge in [0, 0.05) is 39.0 Å². The molecule has 0 spiro atoms. The number of ether oxygens (including phenoxy) is 1. The number of unbranched alkanes of at least 4 members (excludes halogenated alkanes) is 1. The van der Waals surface area contributed by atoms with Crippen LogP contribution < -0.4 is 0 Å². The largest absolute Gasteiger partial charge is 0.481 e. The first kappa shape index (κ1) is 14.0. The standard InChI is InChI=1S/C12H21NO4/c1-17-9-10-6-7-13(8-10)11(14)4-2-3-5-12(15)16/h10H,2-9H2,1H3,(H,15,16). The number of hydrogen-bond acceptors (Lipinski definition) is 3. The Bertz CT molecular complexity index is 267. The Kier molecular flexibility index (Phi) is 5.97. The predicted octanol–water partition coefficient (Wildman–Crippen LogP) is 1.13. The Hall–Kier alpha value is -1.10. The van der Waals surface area contributed by atoms with Gasteiger partial charge in [-0.1, -0.05) is 0 Å². The molecule has 17 heavy (non-hydrogen) atoms. The van der Waals surface area contributed by atoms with Crippen LogP contribution in [-0.4, -0.2) is 48.7 Å². The topological polar surface area (TPSA) is 66.8 Å². The van der Waals surface area contributed by atoms with Gasteiger partial charge < -0.3 is 14.7 Å². The van der Waals surface area contributed by atoms with Crippen molar-refractivity contribution in [2.75, 3.05) is 26.8 Å². The van der Waals surface area contributed by atoms with Crippen molar-refractivity contribution in [3.8, 4) is 0 Å². The number of carbonyl (C=O) groups excluding carboxylic acids is 1. The van der Waals surface area contributed by atoms with Gasteiger partial charge in [-0.2, -0.15) is 0 Å².